The highest BCUT2D eigenvalue weighted by Gasteiger charge is 2.45. The molecule has 2 aromatic rings. The van der Waals surface area contributed by atoms with Gasteiger partial charge < -0.3 is 19.0 Å². The second kappa shape index (κ2) is 8.07. The zero-order valence-electron chi connectivity index (χ0n) is 17.6. The number of nitrogens with one attached hydrogen (secondary N) is 1. The number of anilines is 1. The van der Waals surface area contributed by atoms with Gasteiger partial charge in [-0.15, -0.1) is 0 Å². The predicted octanol–water partition coefficient (Wildman–Crippen LogP) is 4.01. The second-order valence-electron chi connectivity index (χ2n) is 8.72. The number of esters is 1. The summed E-state index contributed by atoms with van der Waals surface area (Å²) >= 11 is 0. The molecule has 164 valence electrons. The highest BCUT2D eigenvalue weighted by Crippen LogP contribution is 2.55. The molecule has 0 saturated heterocycles. The Morgan fingerprint density at radius 1 is 1.35 bits per heavy atom. The van der Waals surface area contributed by atoms with Crippen LogP contribution in [0.15, 0.2) is 35.2 Å². The number of hydrogen-bond acceptors (Lipinski definition) is 5. The van der Waals surface area contributed by atoms with E-state index in [-0.39, 0.29) is 12.0 Å². The maximum atomic E-state index is 13.9. The minimum Gasteiger partial charge on any atom is -0.492 e. The van der Waals surface area contributed by atoms with Gasteiger partial charge in [0.15, 0.2) is 11.0 Å². The molecule has 6 nitrogen and oxygen atoms in total. The van der Waals surface area contributed by atoms with Gasteiger partial charge in [-0.2, -0.15) is 0 Å². The first-order valence-electron chi connectivity index (χ1n) is 10.1. The van der Waals surface area contributed by atoms with E-state index < -0.39 is 28.2 Å². The van der Waals surface area contributed by atoms with Gasteiger partial charge in [0.05, 0.1) is 24.3 Å². The number of fused-ring (bicyclic) bond motifs is 3. The summed E-state index contributed by atoms with van der Waals surface area (Å²) in [6.45, 7) is 4.00. The Hall–Kier alpha value is -2.74. The van der Waals surface area contributed by atoms with Crippen LogP contribution in [0.25, 0.3) is 0 Å². The lowest BCUT2D eigenvalue weighted by atomic mass is 9.87. The molecule has 1 aliphatic carbocycles. The number of ether oxygens (including phenoxy) is 2. The largest absolute Gasteiger partial charge is 0.492 e. The Morgan fingerprint density at radius 2 is 2.13 bits per heavy atom. The van der Waals surface area contributed by atoms with Crippen molar-refractivity contribution < 1.29 is 27.7 Å². The number of benzene rings is 2. The van der Waals surface area contributed by atoms with Gasteiger partial charge in [0.2, 0.25) is 0 Å². The minimum absolute atomic E-state index is 0.204. The molecule has 3 unspecified atom stereocenters. The summed E-state index contributed by atoms with van der Waals surface area (Å²) in [4.78, 5) is 24.3. The summed E-state index contributed by atoms with van der Waals surface area (Å²) in [5.74, 6) is 0.259. The first kappa shape index (κ1) is 21.5. The van der Waals surface area contributed by atoms with E-state index in [0.717, 1.165) is 18.3 Å². The van der Waals surface area contributed by atoms with Crippen LogP contribution in [0.4, 0.5) is 10.1 Å². The van der Waals surface area contributed by atoms with E-state index in [1.165, 1.54) is 25.3 Å². The third-order valence-corrected chi connectivity index (χ3v) is 6.93. The van der Waals surface area contributed by atoms with Gasteiger partial charge in [-0.25, -0.2) is 13.4 Å². The van der Waals surface area contributed by atoms with Crippen LogP contribution in [0.5, 0.6) is 5.75 Å². The van der Waals surface area contributed by atoms with Crippen LogP contribution in [0.1, 0.15) is 47.7 Å². The fraction of sp³-hybridized carbons (Fsp3) is 0.391. The Morgan fingerprint density at radius 3 is 2.84 bits per heavy atom. The van der Waals surface area contributed by atoms with Crippen LogP contribution in [-0.2, 0) is 26.9 Å². The van der Waals surface area contributed by atoms with Gasteiger partial charge >= 0.3 is 5.97 Å². The molecule has 1 heterocycles. The number of aldehydes is 1. The summed E-state index contributed by atoms with van der Waals surface area (Å²) in [6.07, 6.45) is 2.04. The standard InChI is InChI=1S/C23H24FNO5S/c1-23(2,12-26)10-13-8-15(24)4-7-19(13)31(28)25-18-6-5-16-17-9-14(17)11-30-21(16)20(18)22(27)29-3/h4-8,12,14,17,25H,9-11H2,1-3H3. The van der Waals surface area contributed by atoms with Crippen molar-refractivity contribution in [3.63, 3.8) is 0 Å². The highest BCUT2D eigenvalue weighted by molar-refractivity contribution is 7.86. The summed E-state index contributed by atoms with van der Waals surface area (Å²) in [7, 11) is -0.532. The van der Waals surface area contributed by atoms with E-state index >= 15 is 0 Å². The summed E-state index contributed by atoms with van der Waals surface area (Å²) in [5, 5.41) is 0. The molecule has 0 bridgehead atoms. The van der Waals surface area contributed by atoms with Crippen LogP contribution < -0.4 is 9.46 Å². The van der Waals surface area contributed by atoms with E-state index in [1.54, 1.807) is 19.9 Å². The number of hydrogen-bond donors (Lipinski definition) is 1. The van der Waals surface area contributed by atoms with Crippen molar-refractivity contribution in [3.8, 4) is 5.75 Å². The zero-order valence-corrected chi connectivity index (χ0v) is 18.4. The lowest BCUT2D eigenvalue weighted by molar-refractivity contribution is -0.114. The Bertz CT molecular complexity index is 1080. The van der Waals surface area contributed by atoms with E-state index in [0.29, 0.717) is 40.3 Å². The second-order valence-corrected chi connectivity index (χ2v) is 9.90. The van der Waals surface area contributed by atoms with E-state index in [1.807, 2.05) is 6.07 Å². The molecule has 0 amide bonds. The van der Waals surface area contributed by atoms with Gasteiger partial charge in [-0.3, -0.25) is 0 Å². The maximum Gasteiger partial charge on any atom is 0.343 e. The molecule has 0 aromatic heterocycles. The van der Waals surface area contributed by atoms with Crippen LogP contribution in [0.3, 0.4) is 0 Å². The first-order chi connectivity index (χ1) is 14.7. The molecule has 1 aliphatic heterocycles. The Kier molecular flexibility index (Phi) is 5.60. The summed E-state index contributed by atoms with van der Waals surface area (Å²) in [5.41, 5.74) is 1.19. The number of halogens is 1. The van der Waals surface area contributed by atoms with Crippen molar-refractivity contribution in [1.82, 2.24) is 0 Å². The molecule has 1 fully saturated rings. The topological polar surface area (TPSA) is 81.7 Å². The predicted molar refractivity (Wildman–Crippen MR) is 114 cm³/mol. The number of methoxy groups -OCH3 is 1. The van der Waals surface area contributed by atoms with Gasteiger partial charge in [-0.1, -0.05) is 19.9 Å². The highest BCUT2D eigenvalue weighted by atomic mass is 32.2. The van der Waals surface area contributed by atoms with Crippen molar-refractivity contribution in [2.45, 2.75) is 37.5 Å². The summed E-state index contributed by atoms with van der Waals surface area (Å²) < 4.78 is 40.8. The molecule has 2 aliphatic rings. The van der Waals surface area contributed by atoms with Crippen molar-refractivity contribution >= 4 is 28.9 Å². The molecule has 1 N–H and O–H groups in total. The van der Waals surface area contributed by atoms with Crippen molar-refractivity contribution in [1.29, 1.82) is 0 Å². The molecule has 8 heteroatoms. The average molecular weight is 446 g/mol. The molecule has 0 spiro atoms. The quantitative estimate of drug-likeness (QED) is 0.514. The Labute approximate surface area is 182 Å². The lowest BCUT2D eigenvalue weighted by Crippen LogP contribution is -2.20. The van der Waals surface area contributed by atoms with Crippen LogP contribution in [0.2, 0.25) is 0 Å². The maximum absolute atomic E-state index is 13.9. The number of carbonyl (C=O) groups excluding carboxylic acids is 2. The fourth-order valence-corrected chi connectivity index (χ4v) is 5.03. The van der Waals surface area contributed by atoms with E-state index in [4.69, 9.17) is 9.47 Å². The zero-order chi connectivity index (χ0) is 22.3. The first-order valence-corrected chi connectivity index (χ1v) is 11.2. The van der Waals surface area contributed by atoms with Crippen molar-refractivity contribution in [3.05, 3.63) is 52.8 Å². The van der Waals surface area contributed by atoms with Gasteiger partial charge in [0.25, 0.3) is 0 Å². The van der Waals surface area contributed by atoms with E-state index in [9.17, 15) is 18.2 Å². The normalized spacial score (nSPS) is 20.0. The molecular weight excluding hydrogens is 421 g/mol. The summed E-state index contributed by atoms with van der Waals surface area (Å²) in [6, 6.07) is 7.51. The molecule has 3 atom stereocenters. The molecule has 1 saturated carbocycles. The molecular formula is C23H24FNO5S. The van der Waals surface area contributed by atoms with Crippen LogP contribution >= 0.6 is 0 Å². The van der Waals surface area contributed by atoms with Gasteiger partial charge in [0.1, 0.15) is 23.4 Å². The molecule has 0 radical (unpaired) electrons. The fourth-order valence-electron chi connectivity index (χ4n) is 3.99. The van der Waals surface area contributed by atoms with Crippen LogP contribution in [-0.4, -0.2) is 30.2 Å². The van der Waals surface area contributed by atoms with E-state index in [2.05, 4.69) is 4.72 Å². The number of rotatable bonds is 7. The van der Waals surface area contributed by atoms with Gasteiger partial charge in [0, 0.05) is 11.3 Å². The minimum atomic E-state index is -1.81. The monoisotopic (exact) mass is 445 g/mol. The van der Waals surface area contributed by atoms with Crippen molar-refractivity contribution in [2.24, 2.45) is 11.3 Å². The number of carbonyl (C=O) groups is 2. The smallest absolute Gasteiger partial charge is 0.343 e. The SMILES string of the molecule is COC(=O)c1c(NS(=O)c2ccc(F)cc2CC(C)(C)C=O)ccc2c1OCC1CC21. The molecule has 31 heavy (non-hydrogen) atoms. The molecule has 2 aromatic carbocycles. The van der Waals surface area contributed by atoms with Crippen molar-refractivity contribution in [2.75, 3.05) is 18.4 Å². The lowest BCUT2D eigenvalue weighted by Gasteiger charge is -2.22. The third-order valence-electron chi connectivity index (χ3n) is 5.73. The van der Waals surface area contributed by atoms with Gasteiger partial charge in [-0.05, 0) is 54.2 Å². The molecule has 4 rings (SSSR count). The van der Waals surface area contributed by atoms with Crippen LogP contribution in [0, 0.1) is 17.2 Å². The Balaban J connectivity index is 1.70. The third kappa shape index (κ3) is 4.21. The average Bonchev–Trinajstić information content (AvgIpc) is 3.53.